The first-order valence-electron chi connectivity index (χ1n) is 5.03. The molecule has 5 heteroatoms. The van der Waals surface area contributed by atoms with Crippen LogP contribution in [-0.4, -0.2) is 16.8 Å². The summed E-state index contributed by atoms with van der Waals surface area (Å²) < 4.78 is 7.08. The zero-order valence-electron chi connectivity index (χ0n) is 9.49. The zero-order valence-corrected chi connectivity index (χ0v) is 10.2. The van der Waals surface area contributed by atoms with Crippen molar-refractivity contribution < 1.29 is 4.42 Å². The zero-order chi connectivity index (χ0) is 11.7. The highest BCUT2D eigenvalue weighted by Gasteiger charge is 2.20. The summed E-state index contributed by atoms with van der Waals surface area (Å²) in [4.78, 5) is 0. The summed E-state index contributed by atoms with van der Waals surface area (Å²) in [6, 6.07) is 1.99. The van der Waals surface area contributed by atoms with Gasteiger partial charge in [-0.05, 0) is 20.0 Å². The molecule has 1 unspecified atom stereocenters. The fraction of sp³-hybridized carbons (Fsp3) is 0.364. The fourth-order valence-electron chi connectivity index (χ4n) is 1.82. The number of hydrogen-bond acceptors (Lipinski definition) is 3. The van der Waals surface area contributed by atoms with Crippen LogP contribution in [-0.2, 0) is 7.05 Å². The number of aromatic nitrogens is 2. The van der Waals surface area contributed by atoms with Gasteiger partial charge < -0.3 is 9.73 Å². The van der Waals surface area contributed by atoms with Crippen LogP contribution in [0.3, 0.4) is 0 Å². The molecule has 2 aromatic heterocycles. The lowest BCUT2D eigenvalue weighted by Gasteiger charge is -2.15. The van der Waals surface area contributed by atoms with E-state index in [9.17, 15) is 0 Å². The smallest absolute Gasteiger partial charge is 0.101 e. The van der Waals surface area contributed by atoms with Crippen molar-refractivity contribution in [2.75, 3.05) is 7.05 Å². The van der Waals surface area contributed by atoms with Gasteiger partial charge in [0.2, 0.25) is 0 Å². The molecule has 16 heavy (non-hydrogen) atoms. The molecule has 0 amide bonds. The summed E-state index contributed by atoms with van der Waals surface area (Å²) >= 11 is 6.12. The van der Waals surface area contributed by atoms with Crippen LogP contribution in [0.1, 0.15) is 23.1 Å². The molecule has 0 saturated carbocycles. The summed E-state index contributed by atoms with van der Waals surface area (Å²) in [5.41, 5.74) is 1.98. The Hall–Kier alpha value is -1.26. The van der Waals surface area contributed by atoms with Gasteiger partial charge >= 0.3 is 0 Å². The van der Waals surface area contributed by atoms with E-state index in [-0.39, 0.29) is 6.04 Å². The van der Waals surface area contributed by atoms with Crippen LogP contribution in [0, 0.1) is 6.92 Å². The molecule has 1 N–H and O–H groups in total. The highest BCUT2D eigenvalue weighted by atomic mass is 35.5. The normalized spacial score (nSPS) is 13.0. The summed E-state index contributed by atoms with van der Waals surface area (Å²) in [5, 5.41) is 8.00. The van der Waals surface area contributed by atoms with Gasteiger partial charge in [-0.1, -0.05) is 11.6 Å². The molecule has 1 atom stereocenters. The van der Waals surface area contributed by atoms with Gasteiger partial charge in [0.05, 0.1) is 29.2 Å². The van der Waals surface area contributed by atoms with Gasteiger partial charge in [0.15, 0.2) is 0 Å². The standard InChI is InChI=1S/C11H14ClN3O/c1-7-4-8(6-16-7)10(13-2)11-9(12)5-14-15(11)3/h4-6,10,13H,1-3H3. The molecule has 0 fully saturated rings. The van der Waals surface area contributed by atoms with E-state index in [2.05, 4.69) is 10.4 Å². The van der Waals surface area contributed by atoms with Gasteiger partial charge in [0, 0.05) is 12.6 Å². The van der Waals surface area contributed by atoms with Crippen molar-refractivity contribution in [1.82, 2.24) is 15.1 Å². The lowest BCUT2D eigenvalue weighted by Crippen LogP contribution is -2.20. The van der Waals surface area contributed by atoms with E-state index in [0.29, 0.717) is 5.02 Å². The Morgan fingerprint density at radius 3 is 2.75 bits per heavy atom. The molecule has 0 radical (unpaired) electrons. The van der Waals surface area contributed by atoms with E-state index in [1.165, 1.54) is 0 Å². The van der Waals surface area contributed by atoms with Crippen molar-refractivity contribution in [3.63, 3.8) is 0 Å². The Morgan fingerprint density at radius 2 is 2.31 bits per heavy atom. The van der Waals surface area contributed by atoms with Crippen molar-refractivity contribution in [2.24, 2.45) is 7.05 Å². The van der Waals surface area contributed by atoms with Gasteiger partial charge in [-0.2, -0.15) is 5.10 Å². The average Bonchev–Trinajstić information content (AvgIpc) is 2.80. The molecule has 0 saturated heterocycles. The topological polar surface area (TPSA) is 43.0 Å². The largest absolute Gasteiger partial charge is 0.469 e. The van der Waals surface area contributed by atoms with Crippen LogP contribution < -0.4 is 5.32 Å². The number of nitrogens with zero attached hydrogens (tertiary/aromatic N) is 2. The summed E-state index contributed by atoms with van der Waals surface area (Å²) in [6.45, 7) is 1.92. The predicted molar refractivity (Wildman–Crippen MR) is 62.6 cm³/mol. The molecule has 0 aliphatic rings. The number of aryl methyl sites for hydroxylation is 2. The minimum Gasteiger partial charge on any atom is -0.469 e. The fourth-order valence-corrected chi connectivity index (χ4v) is 2.10. The lowest BCUT2D eigenvalue weighted by atomic mass is 10.1. The molecule has 0 aromatic carbocycles. The third kappa shape index (κ3) is 1.86. The van der Waals surface area contributed by atoms with Crippen molar-refractivity contribution in [3.05, 3.63) is 40.6 Å². The third-order valence-electron chi connectivity index (χ3n) is 2.58. The number of halogens is 1. The molecular weight excluding hydrogens is 226 g/mol. The molecule has 2 aromatic rings. The van der Waals surface area contributed by atoms with E-state index in [1.54, 1.807) is 17.1 Å². The second-order valence-electron chi connectivity index (χ2n) is 3.71. The van der Waals surface area contributed by atoms with E-state index < -0.39 is 0 Å². The van der Waals surface area contributed by atoms with Gasteiger partial charge in [0.1, 0.15) is 5.76 Å². The quantitative estimate of drug-likeness (QED) is 0.894. The maximum Gasteiger partial charge on any atom is 0.101 e. The Labute approximate surface area is 99.2 Å². The van der Waals surface area contributed by atoms with Crippen LogP contribution in [0.5, 0.6) is 0 Å². The average molecular weight is 240 g/mol. The minimum absolute atomic E-state index is 0.00236. The van der Waals surface area contributed by atoms with Gasteiger partial charge in [0.25, 0.3) is 0 Å². The second kappa shape index (κ2) is 4.31. The van der Waals surface area contributed by atoms with E-state index in [0.717, 1.165) is 17.0 Å². The minimum atomic E-state index is -0.00236. The molecular formula is C11H14ClN3O. The Balaban J connectivity index is 2.44. The summed E-state index contributed by atoms with van der Waals surface area (Å²) in [6.07, 6.45) is 3.38. The van der Waals surface area contributed by atoms with Crippen LogP contribution in [0.4, 0.5) is 0 Å². The van der Waals surface area contributed by atoms with Crippen LogP contribution in [0.2, 0.25) is 5.02 Å². The number of rotatable bonds is 3. The Morgan fingerprint density at radius 1 is 1.56 bits per heavy atom. The number of furan rings is 1. The van der Waals surface area contributed by atoms with Crippen LogP contribution in [0.15, 0.2) is 22.9 Å². The molecule has 2 heterocycles. The lowest BCUT2D eigenvalue weighted by molar-refractivity contribution is 0.524. The molecule has 4 nitrogen and oxygen atoms in total. The van der Waals surface area contributed by atoms with E-state index in [1.807, 2.05) is 27.1 Å². The van der Waals surface area contributed by atoms with Crippen molar-refractivity contribution in [2.45, 2.75) is 13.0 Å². The van der Waals surface area contributed by atoms with Gasteiger partial charge in [-0.15, -0.1) is 0 Å². The predicted octanol–water partition coefficient (Wildman–Crippen LogP) is 2.28. The van der Waals surface area contributed by atoms with Crippen molar-refractivity contribution in [3.8, 4) is 0 Å². The van der Waals surface area contributed by atoms with Crippen LogP contribution >= 0.6 is 11.6 Å². The molecule has 0 aliphatic carbocycles. The van der Waals surface area contributed by atoms with Gasteiger partial charge in [-0.3, -0.25) is 4.68 Å². The van der Waals surface area contributed by atoms with Gasteiger partial charge in [-0.25, -0.2) is 0 Å². The van der Waals surface area contributed by atoms with E-state index >= 15 is 0 Å². The first-order valence-corrected chi connectivity index (χ1v) is 5.41. The maximum atomic E-state index is 6.12. The first-order chi connectivity index (χ1) is 7.63. The molecule has 0 bridgehead atoms. The summed E-state index contributed by atoms with van der Waals surface area (Å²) in [5.74, 6) is 0.883. The van der Waals surface area contributed by atoms with Crippen molar-refractivity contribution >= 4 is 11.6 Å². The maximum absolute atomic E-state index is 6.12. The first kappa shape index (κ1) is 11.2. The monoisotopic (exact) mass is 239 g/mol. The summed E-state index contributed by atoms with van der Waals surface area (Å²) in [7, 11) is 3.76. The Kier molecular flexibility index (Phi) is 3.03. The third-order valence-corrected chi connectivity index (χ3v) is 2.88. The SMILES string of the molecule is CNC(c1coc(C)c1)c1c(Cl)cnn1C. The van der Waals surface area contributed by atoms with Crippen LogP contribution in [0.25, 0.3) is 0 Å². The van der Waals surface area contributed by atoms with Crippen molar-refractivity contribution in [1.29, 1.82) is 0 Å². The second-order valence-corrected chi connectivity index (χ2v) is 4.12. The number of nitrogens with one attached hydrogen (secondary N) is 1. The number of hydrogen-bond donors (Lipinski definition) is 1. The molecule has 0 spiro atoms. The molecule has 2 rings (SSSR count). The highest BCUT2D eigenvalue weighted by molar-refractivity contribution is 6.31. The highest BCUT2D eigenvalue weighted by Crippen LogP contribution is 2.28. The molecule has 86 valence electrons. The Bertz CT molecular complexity index is 470. The molecule has 0 aliphatic heterocycles. The van der Waals surface area contributed by atoms with E-state index in [4.69, 9.17) is 16.0 Å².